The molecule has 2 aromatic carbocycles. The number of rotatable bonds is 8. The Kier molecular flexibility index (Phi) is 8.21. The molecule has 0 saturated carbocycles. The minimum atomic E-state index is -0.635. The van der Waals surface area contributed by atoms with Crippen LogP contribution in [0, 0.1) is 11.6 Å². The maximum atomic E-state index is 14.5. The summed E-state index contributed by atoms with van der Waals surface area (Å²) in [4.78, 5) is 31.6. The van der Waals surface area contributed by atoms with Crippen LogP contribution in [-0.4, -0.2) is 78.3 Å². The van der Waals surface area contributed by atoms with E-state index in [9.17, 15) is 18.4 Å². The van der Waals surface area contributed by atoms with E-state index in [2.05, 4.69) is 10.0 Å². The number of halogens is 2. The molecule has 2 aliphatic heterocycles. The number of carbonyl (C=O) groups is 2. The van der Waals surface area contributed by atoms with Crippen molar-refractivity contribution in [2.24, 2.45) is 5.10 Å². The van der Waals surface area contributed by atoms with Gasteiger partial charge in [-0.25, -0.2) is 13.8 Å². The molecule has 38 heavy (non-hydrogen) atoms. The Balaban J connectivity index is 1.40. The van der Waals surface area contributed by atoms with Gasteiger partial charge in [0.05, 0.1) is 35.4 Å². The number of thiophene rings is 1. The summed E-state index contributed by atoms with van der Waals surface area (Å²) in [5.41, 5.74) is 1.42. The molecular formula is C28H28F2N4O3S. The summed E-state index contributed by atoms with van der Waals surface area (Å²) in [5, 5.41) is 7.97. The van der Waals surface area contributed by atoms with Crippen LogP contribution in [0.2, 0.25) is 0 Å². The highest BCUT2D eigenvalue weighted by atomic mass is 32.1. The maximum Gasteiger partial charge on any atom is 0.262 e. The fourth-order valence-electron chi connectivity index (χ4n) is 4.66. The number of morpholine rings is 1. The molecular weight excluding hydrogens is 510 g/mol. The number of ether oxygens (including phenoxy) is 1. The SMILES string of the molecule is O=C(c1ccccc1F)N(CCN1CCOCC1)CC(=O)N1N=C(c2cccs2)C[C@@H]1c1ccc(F)cc1. The zero-order chi connectivity index (χ0) is 26.5. The first-order chi connectivity index (χ1) is 18.5. The van der Waals surface area contributed by atoms with Crippen molar-refractivity contribution in [1.29, 1.82) is 0 Å². The highest BCUT2D eigenvalue weighted by Gasteiger charge is 2.35. The third-order valence-corrected chi connectivity index (χ3v) is 7.65. The summed E-state index contributed by atoms with van der Waals surface area (Å²) in [6.45, 7) is 3.17. The van der Waals surface area contributed by atoms with Crippen LogP contribution in [-0.2, 0) is 9.53 Å². The van der Waals surface area contributed by atoms with Crippen molar-refractivity contribution >= 4 is 28.9 Å². The first-order valence-electron chi connectivity index (χ1n) is 12.5. The molecule has 0 aliphatic carbocycles. The maximum absolute atomic E-state index is 14.5. The highest BCUT2D eigenvalue weighted by Crippen LogP contribution is 2.34. The lowest BCUT2D eigenvalue weighted by molar-refractivity contribution is -0.133. The summed E-state index contributed by atoms with van der Waals surface area (Å²) in [6.07, 6.45) is 0.465. The van der Waals surface area contributed by atoms with Crippen molar-refractivity contribution in [3.63, 3.8) is 0 Å². The predicted molar refractivity (Wildman–Crippen MR) is 141 cm³/mol. The number of carbonyl (C=O) groups excluding carboxylic acids is 2. The van der Waals surface area contributed by atoms with Crippen LogP contribution in [0.15, 0.2) is 71.1 Å². The Morgan fingerprint density at radius 1 is 1.03 bits per heavy atom. The number of hydrogen-bond donors (Lipinski definition) is 0. The quantitative estimate of drug-likeness (QED) is 0.432. The first-order valence-corrected chi connectivity index (χ1v) is 13.4. The van der Waals surface area contributed by atoms with Crippen LogP contribution in [0.25, 0.3) is 0 Å². The van der Waals surface area contributed by atoms with E-state index in [0.29, 0.717) is 26.2 Å². The normalized spacial score (nSPS) is 17.9. The molecule has 2 aliphatic rings. The number of hydrogen-bond acceptors (Lipinski definition) is 6. The smallest absolute Gasteiger partial charge is 0.262 e. The first kappa shape index (κ1) is 26.1. The highest BCUT2D eigenvalue weighted by molar-refractivity contribution is 7.12. The average Bonchev–Trinajstić information content (AvgIpc) is 3.63. The standard InChI is InChI=1S/C28H28F2N4O3S/c29-21-9-7-20(8-10-21)25-18-24(26-6-3-17-38-26)31-34(25)27(35)19-33(12-11-32-13-15-37-16-14-32)28(36)22-4-1-2-5-23(22)30/h1-10,17,25H,11-16,18-19H2/t25-/m1/s1. The molecule has 0 bridgehead atoms. The van der Waals surface area contributed by atoms with E-state index in [4.69, 9.17) is 4.74 Å². The molecule has 10 heteroatoms. The Labute approximate surface area is 223 Å². The van der Waals surface area contributed by atoms with Crippen LogP contribution in [0.3, 0.4) is 0 Å². The van der Waals surface area contributed by atoms with Gasteiger partial charge in [-0.1, -0.05) is 30.3 Å². The summed E-state index contributed by atoms with van der Waals surface area (Å²) >= 11 is 1.52. The van der Waals surface area contributed by atoms with Crippen LogP contribution in [0.5, 0.6) is 0 Å². The average molecular weight is 539 g/mol. The summed E-state index contributed by atoms with van der Waals surface area (Å²) < 4.78 is 33.6. The molecule has 1 saturated heterocycles. The zero-order valence-electron chi connectivity index (χ0n) is 20.8. The van der Waals surface area contributed by atoms with E-state index in [-0.39, 0.29) is 24.5 Å². The van der Waals surface area contributed by atoms with Crippen LogP contribution in [0.4, 0.5) is 8.78 Å². The third kappa shape index (κ3) is 5.98. The molecule has 0 unspecified atom stereocenters. The Morgan fingerprint density at radius 3 is 2.50 bits per heavy atom. The molecule has 1 aromatic heterocycles. The van der Waals surface area contributed by atoms with E-state index in [0.717, 1.165) is 29.2 Å². The summed E-state index contributed by atoms with van der Waals surface area (Å²) in [5.74, 6) is -1.94. The number of nitrogens with zero attached hydrogens (tertiary/aromatic N) is 4. The molecule has 3 heterocycles. The second-order valence-electron chi connectivity index (χ2n) is 9.19. The molecule has 0 N–H and O–H groups in total. The molecule has 0 radical (unpaired) electrons. The second kappa shape index (κ2) is 11.9. The van der Waals surface area contributed by atoms with E-state index < -0.39 is 23.7 Å². The van der Waals surface area contributed by atoms with Crippen molar-refractivity contribution in [2.45, 2.75) is 12.5 Å². The van der Waals surface area contributed by atoms with Gasteiger partial charge in [0.1, 0.15) is 18.2 Å². The molecule has 5 rings (SSSR count). The molecule has 7 nitrogen and oxygen atoms in total. The van der Waals surface area contributed by atoms with Crippen molar-refractivity contribution in [3.05, 3.63) is 93.7 Å². The molecule has 198 valence electrons. The van der Waals surface area contributed by atoms with Crippen LogP contribution >= 0.6 is 11.3 Å². The number of benzene rings is 2. The van der Waals surface area contributed by atoms with Gasteiger partial charge >= 0.3 is 0 Å². The Bertz CT molecular complexity index is 1290. The van der Waals surface area contributed by atoms with Gasteiger partial charge in [0.2, 0.25) is 0 Å². The fourth-order valence-corrected chi connectivity index (χ4v) is 5.38. The lowest BCUT2D eigenvalue weighted by Gasteiger charge is -2.31. The largest absolute Gasteiger partial charge is 0.379 e. The van der Waals surface area contributed by atoms with Gasteiger partial charge in [-0.05, 0) is 41.3 Å². The van der Waals surface area contributed by atoms with Gasteiger partial charge in [0.15, 0.2) is 0 Å². The minimum absolute atomic E-state index is 0.0819. The lowest BCUT2D eigenvalue weighted by Crippen LogP contribution is -2.46. The minimum Gasteiger partial charge on any atom is -0.379 e. The summed E-state index contributed by atoms with van der Waals surface area (Å²) in [7, 11) is 0. The predicted octanol–water partition coefficient (Wildman–Crippen LogP) is 4.18. The van der Waals surface area contributed by atoms with Gasteiger partial charge in [-0.3, -0.25) is 14.5 Å². The van der Waals surface area contributed by atoms with Gasteiger partial charge in [0, 0.05) is 32.6 Å². The van der Waals surface area contributed by atoms with Crippen molar-refractivity contribution in [2.75, 3.05) is 45.9 Å². The van der Waals surface area contributed by atoms with E-state index in [1.165, 1.54) is 51.6 Å². The molecule has 1 fully saturated rings. The van der Waals surface area contributed by atoms with Gasteiger partial charge in [0.25, 0.3) is 11.8 Å². The fraction of sp³-hybridized carbons (Fsp3) is 0.321. The zero-order valence-corrected chi connectivity index (χ0v) is 21.6. The van der Waals surface area contributed by atoms with Gasteiger partial charge in [-0.15, -0.1) is 11.3 Å². The molecule has 3 aromatic rings. The number of amides is 2. The van der Waals surface area contributed by atoms with Crippen molar-refractivity contribution < 1.29 is 23.1 Å². The number of hydrazone groups is 1. The van der Waals surface area contributed by atoms with E-state index in [1.54, 1.807) is 18.2 Å². The van der Waals surface area contributed by atoms with Gasteiger partial charge < -0.3 is 9.64 Å². The molecule has 0 spiro atoms. The Hall–Kier alpha value is -3.47. The Morgan fingerprint density at radius 2 is 1.79 bits per heavy atom. The lowest BCUT2D eigenvalue weighted by atomic mass is 10.0. The van der Waals surface area contributed by atoms with Crippen molar-refractivity contribution in [1.82, 2.24) is 14.8 Å². The summed E-state index contributed by atoms with van der Waals surface area (Å²) in [6, 6.07) is 15.2. The molecule has 1 atom stereocenters. The van der Waals surface area contributed by atoms with E-state index >= 15 is 0 Å². The monoisotopic (exact) mass is 538 g/mol. The van der Waals surface area contributed by atoms with Gasteiger partial charge in [-0.2, -0.15) is 5.10 Å². The second-order valence-corrected chi connectivity index (χ2v) is 10.1. The topological polar surface area (TPSA) is 65.5 Å². The van der Waals surface area contributed by atoms with Crippen LogP contribution < -0.4 is 0 Å². The van der Waals surface area contributed by atoms with E-state index in [1.807, 2.05) is 17.5 Å². The third-order valence-electron chi connectivity index (χ3n) is 6.73. The van der Waals surface area contributed by atoms with Crippen molar-refractivity contribution in [3.8, 4) is 0 Å². The molecule has 2 amide bonds. The van der Waals surface area contributed by atoms with Crippen LogP contribution in [0.1, 0.15) is 33.3 Å².